The summed E-state index contributed by atoms with van der Waals surface area (Å²) in [6.45, 7) is 2.57. The third kappa shape index (κ3) is 3.90. The van der Waals surface area contributed by atoms with Crippen LogP contribution in [0.3, 0.4) is 0 Å². The van der Waals surface area contributed by atoms with Crippen LogP contribution in [0.5, 0.6) is 5.75 Å². The van der Waals surface area contributed by atoms with Crippen molar-refractivity contribution in [3.63, 3.8) is 0 Å². The van der Waals surface area contributed by atoms with Crippen LogP contribution >= 0.6 is 0 Å². The number of hydrogen-bond acceptors (Lipinski definition) is 3. The van der Waals surface area contributed by atoms with Crippen LogP contribution in [0, 0.1) is 6.92 Å². The van der Waals surface area contributed by atoms with Crippen molar-refractivity contribution in [2.24, 2.45) is 0 Å². The molecule has 0 aliphatic heterocycles. The third-order valence-electron chi connectivity index (χ3n) is 2.15. The van der Waals surface area contributed by atoms with Crippen LogP contribution in [0.1, 0.15) is 17.5 Å². The first-order valence-electron chi connectivity index (χ1n) is 5.06. The van der Waals surface area contributed by atoms with Crippen LogP contribution < -0.4 is 4.74 Å². The molecular weight excluding hydrogens is 208 g/mol. The minimum Gasteiger partial charge on any atom is -0.496 e. The number of carbonyl (C=O) groups is 1. The summed E-state index contributed by atoms with van der Waals surface area (Å²) < 4.78 is 10.4. The molecule has 0 amide bonds. The van der Waals surface area contributed by atoms with Gasteiger partial charge in [-0.3, -0.25) is 4.79 Å². The topological polar surface area (TPSA) is 55.8 Å². The molecule has 0 fully saturated rings. The smallest absolute Gasteiger partial charge is 0.305 e. The predicted molar refractivity (Wildman–Crippen MR) is 59.6 cm³/mol. The van der Waals surface area contributed by atoms with Crippen LogP contribution in [0.15, 0.2) is 18.2 Å². The zero-order chi connectivity index (χ0) is 12.0. The van der Waals surface area contributed by atoms with Crippen molar-refractivity contribution in [3.8, 4) is 5.75 Å². The summed E-state index contributed by atoms with van der Waals surface area (Å²) in [7, 11) is 1.60. The highest BCUT2D eigenvalue weighted by molar-refractivity contribution is 5.66. The van der Waals surface area contributed by atoms with Crippen molar-refractivity contribution in [2.45, 2.75) is 20.0 Å². The second-order valence-electron chi connectivity index (χ2n) is 3.51. The molecule has 0 spiro atoms. The molecule has 1 aromatic carbocycles. The zero-order valence-electron chi connectivity index (χ0n) is 9.53. The average Bonchev–Trinajstić information content (AvgIpc) is 2.24. The highest BCUT2D eigenvalue weighted by atomic mass is 16.5. The van der Waals surface area contributed by atoms with Crippen LogP contribution in [0.2, 0.25) is 0 Å². The lowest BCUT2D eigenvalue weighted by atomic mass is 10.1. The molecule has 4 nitrogen and oxygen atoms in total. The SMILES string of the molecule is COc1ccc(C)cc1COCCC(=O)O. The van der Waals surface area contributed by atoms with Crippen molar-refractivity contribution < 1.29 is 19.4 Å². The highest BCUT2D eigenvalue weighted by Gasteiger charge is 2.04. The lowest BCUT2D eigenvalue weighted by Crippen LogP contribution is -2.03. The van der Waals surface area contributed by atoms with Gasteiger partial charge in [-0.2, -0.15) is 0 Å². The van der Waals surface area contributed by atoms with Crippen LogP contribution in [-0.4, -0.2) is 24.8 Å². The average molecular weight is 224 g/mol. The molecule has 0 saturated heterocycles. The summed E-state index contributed by atoms with van der Waals surface area (Å²) in [4.78, 5) is 10.3. The van der Waals surface area contributed by atoms with E-state index in [1.807, 2.05) is 25.1 Å². The number of carboxylic acids is 1. The highest BCUT2D eigenvalue weighted by Crippen LogP contribution is 2.20. The Balaban J connectivity index is 2.51. The molecule has 0 aliphatic carbocycles. The summed E-state index contributed by atoms with van der Waals surface area (Å²) >= 11 is 0. The minimum absolute atomic E-state index is 0.0220. The molecule has 0 unspecified atom stereocenters. The van der Waals surface area contributed by atoms with Crippen molar-refractivity contribution in [2.75, 3.05) is 13.7 Å². The van der Waals surface area contributed by atoms with Gasteiger partial charge in [0, 0.05) is 5.56 Å². The normalized spacial score (nSPS) is 10.1. The second kappa shape index (κ2) is 6.12. The molecule has 0 bridgehead atoms. The van der Waals surface area contributed by atoms with E-state index in [2.05, 4.69) is 0 Å². The van der Waals surface area contributed by atoms with Crippen molar-refractivity contribution >= 4 is 5.97 Å². The van der Waals surface area contributed by atoms with E-state index in [1.165, 1.54) is 0 Å². The maximum Gasteiger partial charge on any atom is 0.305 e. The van der Waals surface area contributed by atoms with Gasteiger partial charge < -0.3 is 14.6 Å². The lowest BCUT2D eigenvalue weighted by molar-refractivity contribution is -0.138. The molecule has 0 atom stereocenters. The molecule has 0 aromatic heterocycles. The summed E-state index contributed by atoms with van der Waals surface area (Å²) in [6, 6.07) is 5.81. The maximum absolute atomic E-state index is 10.3. The second-order valence-corrected chi connectivity index (χ2v) is 3.51. The summed E-state index contributed by atoms with van der Waals surface area (Å²) in [5, 5.41) is 8.45. The fraction of sp³-hybridized carbons (Fsp3) is 0.417. The van der Waals surface area contributed by atoms with Gasteiger partial charge in [-0.1, -0.05) is 17.7 Å². The van der Waals surface area contributed by atoms with Crippen LogP contribution in [0.25, 0.3) is 0 Å². The Morgan fingerprint density at radius 2 is 2.19 bits per heavy atom. The Labute approximate surface area is 94.8 Å². The van der Waals surface area contributed by atoms with E-state index in [1.54, 1.807) is 7.11 Å². The lowest BCUT2D eigenvalue weighted by Gasteiger charge is -2.09. The first-order chi connectivity index (χ1) is 7.63. The molecule has 16 heavy (non-hydrogen) atoms. The van der Waals surface area contributed by atoms with E-state index in [-0.39, 0.29) is 13.0 Å². The van der Waals surface area contributed by atoms with E-state index in [9.17, 15) is 4.79 Å². The fourth-order valence-corrected chi connectivity index (χ4v) is 1.36. The largest absolute Gasteiger partial charge is 0.496 e. The number of hydrogen-bond donors (Lipinski definition) is 1. The molecule has 1 aromatic rings. The molecule has 0 saturated carbocycles. The van der Waals surface area contributed by atoms with Crippen molar-refractivity contribution in [1.29, 1.82) is 0 Å². The quantitative estimate of drug-likeness (QED) is 0.751. The van der Waals surface area contributed by atoms with Gasteiger partial charge in [0.15, 0.2) is 0 Å². The van der Waals surface area contributed by atoms with E-state index in [0.29, 0.717) is 6.61 Å². The predicted octanol–water partition coefficient (Wildman–Crippen LogP) is 1.99. The summed E-state index contributed by atoms with van der Waals surface area (Å²) in [5.74, 6) is -0.0860. The Hall–Kier alpha value is -1.55. The van der Waals surface area contributed by atoms with Gasteiger partial charge in [0.1, 0.15) is 5.75 Å². The zero-order valence-corrected chi connectivity index (χ0v) is 9.53. The number of benzene rings is 1. The van der Waals surface area contributed by atoms with Gasteiger partial charge in [0.25, 0.3) is 0 Å². The molecule has 0 heterocycles. The first kappa shape index (κ1) is 12.5. The number of methoxy groups -OCH3 is 1. The Morgan fingerprint density at radius 3 is 2.81 bits per heavy atom. The third-order valence-corrected chi connectivity index (χ3v) is 2.15. The number of aliphatic carboxylic acids is 1. The summed E-state index contributed by atoms with van der Waals surface area (Å²) in [6.07, 6.45) is 0.0220. The van der Waals surface area contributed by atoms with Gasteiger partial charge in [-0.15, -0.1) is 0 Å². The van der Waals surface area contributed by atoms with Crippen LogP contribution in [-0.2, 0) is 16.1 Å². The van der Waals surface area contributed by atoms with Crippen LogP contribution in [0.4, 0.5) is 0 Å². The molecule has 0 radical (unpaired) electrons. The minimum atomic E-state index is -0.851. The number of carboxylic acid groups (broad SMARTS) is 1. The Kier molecular flexibility index (Phi) is 4.79. The Bertz CT molecular complexity index is 360. The number of aryl methyl sites for hydroxylation is 1. The van der Waals surface area contributed by atoms with Gasteiger partial charge in [-0.25, -0.2) is 0 Å². The number of ether oxygens (including phenoxy) is 2. The van der Waals surface area contributed by atoms with Gasteiger partial charge >= 0.3 is 5.97 Å². The Morgan fingerprint density at radius 1 is 1.44 bits per heavy atom. The van der Waals surface area contributed by atoms with Gasteiger partial charge in [0.05, 0.1) is 26.7 Å². The molecule has 88 valence electrons. The van der Waals surface area contributed by atoms with Gasteiger partial charge in [0.2, 0.25) is 0 Å². The monoisotopic (exact) mass is 224 g/mol. The molecule has 0 aliphatic rings. The number of rotatable bonds is 6. The molecular formula is C12H16O4. The van der Waals surface area contributed by atoms with E-state index >= 15 is 0 Å². The maximum atomic E-state index is 10.3. The molecule has 1 N–H and O–H groups in total. The first-order valence-corrected chi connectivity index (χ1v) is 5.06. The standard InChI is InChI=1S/C12H16O4/c1-9-3-4-11(15-2)10(7-9)8-16-6-5-12(13)14/h3-4,7H,5-6,8H2,1-2H3,(H,13,14). The van der Waals surface area contributed by atoms with E-state index < -0.39 is 5.97 Å². The molecule has 4 heteroatoms. The van der Waals surface area contributed by atoms with Gasteiger partial charge in [-0.05, 0) is 13.0 Å². The van der Waals surface area contributed by atoms with E-state index in [0.717, 1.165) is 16.9 Å². The summed E-state index contributed by atoms with van der Waals surface area (Å²) in [5.41, 5.74) is 2.06. The fourth-order valence-electron chi connectivity index (χ4n) is 1.36. The van der Waals surface area contributed by atoms with Crippen molar-refractivity contribution in [3.05, 3.63) is 29.3 Å². The van der Waals surface area contributed by atoms with Crippen molar-refractivity contribution in [1.82, 2.24) is 0 Å². The molecule has 1 rings (SSSR count). The van der Waals surface area contributed by atoms with E-state index in [4.69, 9.17) is 14.6 Å².